The largest absolute Gasteiger partial charge is 0.508 e. The van der Waals surface area contributed by atoms with Gasteiger partial charge in [0, 0.05) is 0 Å². The Kier molecular flexibility index (Phi) is 25.9. The topological polar surface area (TPSA) is 243 Å². The number of aromatic hydroxyl groups is 7. The van der Waals surface area contributed by atoms with Crippen molar-refractivity contribution in [1.29, 1.82) is 0 Å². The van der Waals surface area contributed by atoms with E-state index in [1.54, 1.807) is 88.1 Å². The highest BCUT2D eigenvalue weighted by molar-refractivity contribution is 5.56. The van der Waals surface area contributed by atoms with Crippen LogP contribution in [0.2, 0.25) is 0 Å². The summed E-state index contributed by atoms with van der Waals surface area (Å²) in [6, 6.07) is 39.6. The summed E-state index contributed by atoms with van der Waals surface area (Å²) in [5.41, 5.74) is 8.22. The third-order valence-electron chi connectivity index (χ3n) is 13.4. The normalized spacial score (nSPS) is 10.3. The van der Waals surface area contributed by atoms with Crippen LogP contribution >= 0.6 is 0 Å². The van der Waals surface area contributed by atoms with Gasteiger partial charge >= 0.3 is 0 Å². The first-order valence-corrected chi connectivity index (χ1v) is 26.9. The van der Waals surface area contributed by atoms with Crippen LogP contribution in [0.3, 0.4) is 0 Å². The fourth-order valence-electron chi connectivity index (χ4n) is 8.94. The van der Waals surface area contributed by atoms with Crippen molar-refractivity contribution in [2.75, 3.05) is 78.2 Å². The highest BCUT2D eigenvalue weighted by Gasteiger charge is 2.16. The molecule has 0 unspecified atom stereocenters. The molecule has 0 aliphatic heterocycles. The molecular weight excluding hydrogens is 1090 g/mol. The molecule has 0 aliphatic carbocycles. The van der Waals surface area contributed by atoms with Gasteiger partial charge in [-0.15, -0.1) is 0 Å². The van der Waals surface area contributed by atoms with Crippen molar-refractivity contribution in [1.82, 2.24) is 0 Å². The maximum Gasteiger partial charge on any atom is 0.203 e. The molecule has 0 spiro atoms. The Labute approximate surface area is 497 Å². The summed E-state index contributed by atoms with van der Waals surface area (Å²) in [6.45, 7) is 0. The van der Waals surface area contributed by atoms with Crippen LogP contribution in [0.25, 0.3) is 0 Å². The van der Waals surface area contributed by atoms with Crippen molar-refractivity contribution in [3.05, 3.63) is 178 Å². The summed E-state index contributed by atoms with van der Waals surface area (Å²) < 4.78 is 57.1. The molecule has 0 aliphatic rings. The molecule has 8 aromatic carbocycles. The fraction of sp³-hybridized carbons (Fsp3) is 0.284. The van der Waals surface area contributed by atoms with Crippen LogP contribution in [0.5, 0.6) is 103 Å². The third kappa shape index (κ3) is 19.1. The summed E-state index contributed by atoms with van der Waals surface area (Å²) in [7, 11) is 16.9. The van der Waals surface area contributed by atoms with Gasteiger partial charge in [-0.05, 0) is 193 Å². The molecule has 7 N–H and O–H groups in total. The van der Waals surface area contributed by atoms with Crippen molar-refractivity contribution in [2.45, 2.75) is 51.4 Å². The van der Waals surface area contributed by atoms with E-state index < -0.39 is 0 Å². The summed E-state index contributed by atoms with van der Waals surface area (Å²) in [5.74, 6) is 6.11. The molecule has 8 rings (SSSR count). The first-order chi connectivity index (χ1) is 41.0. The van der Waals surface area contributed by atoms with Gasteiger partial charge < -0.3 is 87.9 Å². The molecule has 0 bridgehead atoms. The molecule has 0 fully saturated rings. The van der Waals surface area contributed by atoms with Gasteiger partial charge in [-0.3, -0.25) is 0 Å². The number of hydrogen-bond acceptors (Lipinski definition) is 18. The van der Waals surface area contributed by atoms with Gasteiger partial charge in [-0.25, -0.2) is 0 Å². The quantitative estimate of drug-likeness (QED) is 0.0315. The van der Waals surface area contributed by atoms with Gasteiger partial charge in [0.15, 0.2) is 69.0 Å². The van der Waals surface area contributed by atoms with E-state index in [1.165, 1.54) is 56.9 Å². The Morgan fingerprint density at radius 2 is 0.482 bits per heavy atom. The average molecular weight is 1170 g/mol. The van der Waals surface area contributed by atoms with E-state index in [2.05, 4.69) is 0 Å². The second-order valence-electron chi connectivity index (χ2n) is 18.9. The zero-order valence-corrected chi connectivity index (χ0v) is 50.0. The molecule has 0 saturated carbocycles. The number of methoxy groups -OCH3 is 11. The van der Waals surface area contributed by atoms with E-state index in [1.807, 2.05) is 66.7 Å². The Balaban J connectivity index is 0.000000207. The van der Waals surface area contributed by atoms with Gasteiger partial charge in [-0.2, -0.15) is 0 Å². The minimum Gasteiger partial charge on any atom is -0.508 e. The molecule has 0 atom stereocenters. The number of ether oxygens (including phenoxy) is 11. The predicted molar refractivity (Wildman–Crippen MR) is 325 cm³/mol. The highest BCUT2D eigenvalue weighted by Crippen LogP contribution is 2.41. The maximum atomic E-state index is 9.90. The van der Waals surface area contributed by atoms with Crippen molar-refractivity contribution in [3.8, 4) is 103 Å². The number of benzene rings is 8. The first kappa shape index (κ1) is 66.0. The molecule has 0 heterocycles. The lowest BCUT2D eigenvalue weighted by atomic mass is 10.0. The zero-order valence-electron chi connectivity index (χ0n) is 50.0. The molecule has 8 aromatic rings. The van der Waals surface area contributed by atoms with E-state index >= 15 is 0 Å². The van der Waals surface area contributed by atoms with Crippen molar-refractivity contribution >= 4 is 0 Å². The Hall–Kier alpha value is -9.84. The predicted octanol–water partition coefficient (Wildman–Crippen LogP) is 11.9. The van der Waals surface area contributed by atoms with Crippen molar-refractivity contribution in [2.24, 2.45) is 0 Å². The summed E-state index contributed by atoms with van der Waals surface area (Å²) in [4.78, 5) is 0. The molecule has 0 saturated heterocycles. The van der Waals surface area contributed by atoms with Crippen molar-refractivity contribution in [3.63, 3.8) is 0 Å². The Morgan fingerprint density at radius 3 is 0.776 bits per heavy atom. The van der Waals surface area contributed by atoms with Gasteiger partial charge in [-0.1, -0.05) is 36.4 Å². The standard InChI is InChI=1S/C18H22O5.C17H20O5.2C16H18O4/c1-20-15-9-12(7-8-14(15)19)5-6-13-10-16(21-2)18(23-4)17(11-13)22-3;1-20-14-8-11(6-7-13(14)18)4-5-12-9-15(21-2)17(19)16(10-12)22-3;1-19-14-9-12(10-15(20-2)16(14)18)7-6-11-4-3-5-13(17)8-11;1-19-15-10-12(9-14(18)16(15)20-2)7-6-11-4-3-5-13(17)8-11/h7-11,19H,5-6H2,1-4H3;6-10,18-19H,4-5H2,1-3H3;2*3-5,8-10,17-18H,6-7H2,1-2H3. The molecule has 0 radical (unpaired) electrons. The van der Waals surface area contributed by atoms with E-state index in [0.717, 1.165) is 95.9 Å². The minimum absolute atomic E-state index is 0.0000488. The molecule has 454 valence electrons. The van der Waals surface area contributed by atoms with Crippen molar-refractivity contribution < 1.29 is 87.9 Å². The first-order valence-electron chi connectivity index (χ1n) is 26.9. The van der Waals surface area contributed by atoms with E-state index in [-0.39, 0.29) is 40.2 Å². The minimum atomic E-state index is 0.0000488. The number of hydrogen-bond donors (Lipinski definition) is 7. The van der Waals surface area contributed by atoms with Crippen LogP contribution in [-0.4, -0.2) is 114 Å². The van der Waals surface area contributed by atoms with Crippen LogP contribution in [0, 0.1) is 0 Å². The summed E-state index contributed by atoms with van der Waals surface area (Å²) in [6.07, 6.45) is 6.14. The van der Waals surface area contributed by atoms with Gasteiger partial charge in [0.2, 0.25) is 23.0 Å². The molecule has 18 heteroatoms. The van der Waals surface area contributed by atoms with E-state index in [4.69, 9.17) is 52.1 Å². The highest BCUT2D eigenvalue weighted by atomic mass is 16.5. The lowest BCUT2D eigenvalue weighted by Gasteiger charge is -2.14. The maximum absolute atomic E-state index is 9.90. The number of aryl methyl sites for hydroxylation is 8. The van der Waals surface area contributed by atoms with Crippen LogP contribution in [0.1, 0.15) is 44.5 Å². The fourth-order valence-corrected chi connectivity index (χ4v) is 8.94. The number of phenolic OH excluding ortho intramolecular Hbond substituents is 7. The second kappa shape index (κ2) is 33.3. The summed E-state index contributed by atoms with van der Waals surface area (Å²) in [5, 5.41) is 67.8. The molecular formula is C67H78O18. The zero-order chi connectivity index (χ0) is 62.0. The average Bonchev–Trinajstić information content (AvgIpc) is 3.70. The number of phenols is 7. The smallest absolute Gasteiger partial charge is 0.203 e. The van der Waals surface area contributed by atoms with E-state index in [9.17, 15) is 35.7 Å². The van der Waals surface area contributed by atoms with Crippen LogP contribution in [0.15, 0.2) is 133 Å². The lowest BCUT2D eigenvalue weighted by Crippen LogP contribution is -1.98. The van der Waals surface area contributed by atoms with Crippen LogP contribution in [-0.2, 0) is 51.4 Å². The Bertz CT molecular complexity index is 3320. The van der Waals surface area contributed by atoms with Gasteiger partial charge in [0.05, 0.1) is 78.2 Å². The second-order valence-corrected chi connectivity index (χ2v) is 18.9. The van der Waals surface area contributed by atoms with Gasteiger partial charge in [0.1, 0.15) is 11.5 Å². The molecule has 85 heavy (non-hydrogen) atoms. The SMILES string of the molecule is COc1cc(CCc2cc(OC)c(O)c(OC)c2)ccc1O.COc1cc(CCc2cc(OC)c(OC)c(OC)c2)ccc1O.COc1cc(CCc2cccc(O)c2)cc(O)c1OC.COc1cc(CCc2cccc(O)c2)cc(OC)c1O. The summed E-state index contributed by atoms with van der Waals surface area (Å²) >= 11 is 0. The van der Waals surface area contributed by atoms with E-state index in [0.29, 0.717) is 63.2 Å². The Morgan fingerprint density at radius 1 is 0.224 bits per heavy atom. The van der Waals surface area contributed by atoms with Crippen LogP contribution in [0.4, 0.5) is 0 Å². The lowest BCUT2D eigenvalue weighted by molar-refractivity contribution is 0.324. The van der Waals surface area contributed by atoms with Gasteiger partial charge in [0.25, 0.3) is 0 Å². The molecule has 0 aromatic heterocycles. The third-order valence-corrected chi connectivity index (χ3v) is 13.4. The molecule has 0 amide bonds. The van der Waals surface area contributed by atoms with Crippen LogP contribution < -0.4 is 52.1 Å². The monoisotopic (exact) mass is 1170 g/mol. The molecule has 18 nitrogen and oxygen atoms in total. The number of rotatable bonds is 23.